The predicted octanol–water partition coefficient (Wildman–Crippen LogP) is 7.05. The van der Waals surface area contributed by atoms with Crippen LogP contribution in [-0.4, -0.2) is 35.9 Å². The molecule has 0 radical (unpaired) electrons. The average Bonchev–Trinajstić information content (AvgIpc) is 2.88. The number of benzene rings is 3. The molecule has 0 aliphatic carbocycles. The maximum absolute atomic E-state index is 13.7. The number of carbonyl (C=O) groups excluding carboxylic acids is 2. The Labute approximate surface area is 243 Å². The van der Waals surface area contributed by atoms with Crippen molar-refractivity contribution in [1.82, 2.24) is 10.2 Å². The van der Waals surface area contributed by atoms with E-state index < -0.39 is 6.04 Å². The van der Waals surface area contributed by atoms with Gasteiger partial charge in [-0.1, -0.05) is 92.2 Å². The topological polar surface area (TPSA) is 58.6 Å². The van der Waals surface area contributed by atoms with Crippen molar-refractivity contribution in [3.63, 3.8) is 0 Å². The van der Waals surface area contributed by atoms with Crippen LogP contribution in [0.3, 0.4) is 0 Å². The van der Waals surface area contributed by atoms with Gasteiger partial charge in [0.15, 0.2) is 6.61 Å². The first-order valence-electron chi connectivity index (χ1n) is 12.9. The van der Waals surface area contributed by atoms with E-state index >= 15 is 0 Å². The van der Waals surface area contributed by atoms with Crippen LogP contribution >= 0.6 is 31.9 Å². The molecule has 3 aromatic carbocycles. The molecule has 1 atom stereocenters. The molecule has 0 spiro atoms. The van der Waals surface area contributed by atoms with Gasteiger partial charge in [-0.25, -0.2) is 0 Å². The molecule has 5 nitrogen and oxygen atoms in total. The normalized spacial score (nSPS) is 12.1. The third-order valence-electron chi connectivity index (χ3n) is 6.21. The molecule has 2 amide bonds. The van der Waals surface area contributed by atoms with E-state index in [4.69, 9.17) is 4.74 Å². The quantitative estimate of drug-likeness (QED) is 0.244. The van der Waals surface area contributed by atoms with Crippen molar-refractivity contribution in [3.8, 4) is 5.75 Å². The predicted molar refractivity (Wildman–Crippen MR) is 160 cm³/mol. The zero-order chi connectivity index (χ0) is 27.7. The summed E-state index contributed by atoms with van der Waals surface area (Å²) in [7, 11) is 0. The molecule has 0 saturated heterocycles. The monoisotopic (exact) mass is 642 g/mol. The molecule has 0 bridgehead atoms. The standard InChI is InChI=1S/C31H36Br2N2O3/c1-5-16-34-30(37)27(18-22-10-7-6-8-11-22)35(20-23-12-9-13-25(32)17-23)29(36)21-38-28-15-14-24(19-26(28)33)31(2,3)4/h6-15,17,19,27H,5,16,18,20-21H2,1-4H3,(H,34,37)/t27-/m0/s1. The van der Waals surface area contributed by atoms with Gasteiger partial charge in [0, 0.05) is 24.0 Å². The van der Waals surface area contributed by atoms with Crippen LogP contribution in [0.1, 0.15) is 50.8 Å². The van der Waals surface area contributed by atoms with Gasteiger partial charge in [0.1, 0.15) is 11.8 Å². The summed E-state index contributed by atoms with van der Waals surface area (Å²) in [5, 5.41) is 3.00. The van der Waals surface area contributed by atoms with Crippen molar-refractivity contribution in [1.29, 1.82) is 0 Å². The van der Waals surface area contributed by atoms with E-state index in [0.29, 0.717) is 18.7 Å². The second kappa shape index (κ2) is 13.9. The number of rotatable bonds is 11. The number of nitrogens with one attached hydrogen (secondary N) is 1. The fraction of sp³-hybridized carbons (Fsp3) is 0.355. The summed E-state index contributed by atoms with van der Waals surface area (Å²) >= 11 is 7.11. The van der Waals surface area contributed by atoms with E-state index in [0.717, 1.165) is 32.1 Å². The summed E-state index contributed by atoms with van der Waals surface area (Å²) < 4.78 is 7.69. The first kappa shape index (κ1) is 29.9. The molecule has 202 valence electrons. The number of carbonyl (C=O) groups is 2. The molecule has 1 N–H and O–H groups in total. The number of amides is 2. The molecule has 3 rings (SSSR count). The molecular weight excluding hydrogens is 608 g/mol. The molecule has 0 aliphatic rings. The maximum atomic E-state index is 13.7. The van der Waals surface area contributed by atoms with Crippen molar-refractivity contribution in [3.05, 3.63) is 98.4 Å². The van der Waals surface area contributed by atoms with Crippen LogP contribution in [-0.2, 0) is 28.0 Å². The number of hydrogen-bond donors (Lipinski definition) is 1. The fourth-order valence-electron chi connectivity index (χ4n) is 4.06. The van der Waals surface area contributed by atoms with Crippen LogP contribution in [0.25, 0.3) is 0 Å². The van der Waals surface area contributed by atoms with E-state index in [1.165, 1.54) is 0 Å². The fourth-order valence-corrected chi connectivity index (χ4v) is 5.00. The summed E-state index contributed by atoms with van der Waals surface area (Å²) in [5.41, 5.74) is 3.06. The molecule has 0 aromatic heterocycles. The largest absolute Gasteiger partial charge is 0.483 e. The Morgan fingerprint density at radius 2 is 1.66 bits per heavy atom. The van der Waals surface area contributed by atoms with Gasteiger partial charge in [0.2, 0.25) is 5.91 Å². The molecule has 0 saturated carbocycles. The molecular formula is C31H36Br2N2O3. The molecule has 38 heavy (non-hydrogen) atoms. The Kier molecular flexibility index (Phi) is 11.0. The van der Waals surface area contributed by atoms with E-state index in [1.54, 1.807) is 4.90 Å². The van der Waals surface area contributed by atoms with Gasteiger partial charge in [0.05, 0.1) is 4.47 Å². The summed E-state index contributed by atoms with van der Waals surface area (Å²) in [6.07, 6.45) is 1.21. The highest BCUT2D eigenvalue weighted by Crippen LogP contribution is 2.31. The summed E-state index contributed by atoms with van der Waals surface area (Å²) in [4.78, 5) is 28.8. The SMILES string of the molecule is CCCNC(=O)[C@H](Cc1ccccc1)N(Cc1cccc(Br)c1)C(=O)COc1ccc(C(C)(C)C)cc1Br. The Hall–Kier alpha value is -2.64. The molecule has 0 heterocycles. The Morgan fingerprint density at radius 3 is 2.29 bits per heavy atom. The van der Waals surface area contributed by atoms with Gasteiger partial charge in [-0.3, -0.25) is 9.59 Å². The number of nitrogens with zero attached hydrogens (tertiary/aromatic N) is 1. The highest BCUT2D eigenvalue weighted by Gasteiger charge is 2.30. The third kappa shape index (κ3) is 8.70. The van der Waals surface area contributed by atoms with Gasteiger partial charge < -0.3 is 15.0 Å². The third-order valence-corrected chi connectivity index (χ3v) is 7.32. The minimum Gasteiger partial charge on any atom is -0.483 e. The highest BCUT2D eigenvalue weighted by atomic mass is 79.9. The van der Waals surface area contributed by atoms with E-state index in [1.807, 2.05) is 79.7 Å². The smallest absolute Gasteiger partial charge is 0.261 e. The van der Waals surface area contributed by atoms with Gasteiger partial charge in [-0.05, 0) is 68.7 Å². The molecule has 3 aromatic rings. The maximum Gasteiger partial charge on any atom is 0.261 e. The van der Waals surface area contributed by atoms with Crippen molar-refractivity contribution >= 4 is 43.7 Å². The van der Waals surface area contributed by atoms with Gasteiger partial charge in [-0.15, -0.1) is 0 Å². The Bertz CT molecular complexity index is 1230. The van der Waals surface area contributed by atoms with Crippen LogP contribution in [0.4, 0.5) is 0 Å². The number of halogens is 2. The van der Waals surface area contributed by atoms with Crippen molar-refractivity contribution in [2.75, 3.05) is 13.2 Å². The van der Waals surface area contributed by atoms with Gasteiger partial charge in [0.25, 0.3) is 5.91 Å². The summed E-state index contributed by atoms with van der Waals surface area (Å²) in [6, 6.07) is 22.8. The van der Waals surface area contributed by atoms with Crippen LogP contribution < -0.4 is 10.1 Å². The number of hydrogen-bond acceptors (Lipinski definition) is 3. The van der Waals surface area contributed by atoms with Crippen molar-refractivity contribution < 1.29 is 14.3 Å². The second-order valence-corrected chi connectivity index (χ2v) is 12.1. The molecule has 7 heteroatoms. The summed E-state index contributed by atoms with van der Waals surface area (Å²) in [5.74, 6) is 0.155. The van der Waals surface area contributed by atoms with Gasteiger partial charge in [-0.2, -0.15) is 0 Å². The van der Waals surface area contributed by atoms with E-state index in [2.05, 4.69) is 57.9 Å². The lowest BCUT2D eigenvalue weighted by Gasteiger charge is -2.31. The lowest BCUT2D eigenvalue weighted by atomic mass is 9.87. The molecule has 0 unspecified atom stereocenters. The van der Waals surface area contributed by atoms with Crippen LogP contribution in [0.5, 0.6) is 5.75 Å². The van der Waals surface area contributed by atoms with Crippen molar-refractivity contribution in [2.24, 2.45) is 0 Å². The Balaban J connectivity index is 1.89. The molecule has 0 aliphatic heterocycles. The second-order valence-electron chi connectivity index (χ2n) is 10.3. The van der Waals surface area contributed by atoms with Crippen LogP contribution in [0.2, 0.25) is 0 Å². The van der Waals surface area contributed by atoms with Crippen molar-refractivity contribution in [2.45, 2.75) is 58.5 Å². The van der Waals surface area contributed by atoms with E-state index in [9.17, 15) is 9.59 Å². The van der Waals surface area contributed by atoms with Crippen LogP contribution in [0.15, 0.2) is 81.7 Å². The number of ether oxygens (including phenoxy) is 1. The average molecular weight is 644 g/mol. The van der Waals surface area contributed by atoms with Crippen LogP contribution in [0, 0.1) is 0 Å². The zero-order valence-electron chi connectivity index (χ0n) is 22.5. The minimum absolute atomic E-state index is 0.00582. The minimum atomic E-state index is -0.689. The highest BCUT2D eigenvalue weighted by molar-refractivity contribution is 9.10. The lowest BCUT2D eigenvalue weighted by molar-refractivity contribution is -0.142. The summed E-state index contributed by atoms with van der Waals surface area (Å²) in [6.45, 7) is 9.09. The first-order valence-corrected chi connectivity index (χ1v) is 14.5. The van der Waals surface area contributed by atoms with Gasteiger partial charge >= 0.3 is 0 Å². The molecule has 0 fully saturated rings. The zero-order valence-corrected chi connectivity index (χ0v) is 25.6. The van der Waals surface area contributed by atoms with E-state index in [-0.39, 0.29) is 30.4 Å². The lowest BCUT2D eigenvalue weighted by Crippen LogP contribution is -2.51. The first-order chi connectivity index (χ1) is 18.1. The Morgan fingerprint density at radius 1 is 0.947 bits per heavy atom.